The van der Waals surface area contributed by atoms with Crippen molar-refractivity contribution in [1.82, 2.24) is 5.43 Å². The van der Waals surface area contributed by atoms with E-state index >= 15 is 0 Å². The Morgan fingerprint density at radius 2 is 2.11 bits per heavy atom. The van der Waals surface area contributed by atoms with Crippen molar-refractivity contribution in [3.05, 3.63) is 29.8 Å². The van der Waals surface area contributed by atoms with Gasteiger partial charge in [0.1, 0.15) is 5.75 Å². The van der Waals surface area contributed by atoms with Crippen LogP contribution in [-0.4, -0.2) is 30.5 Å². The number of aliphatic hydroxyl groups excluding tert-OH is 1. The number of nitrogens with zero attached hydrogens (tertiary/aromatic N) is 1. The Hall–Kier alpha value is -1.88. The molecule has 1 aliphatic rings. The Morgan fingerprint density at radius 1 is 1.26 bits per heavy atom. The van der Waals surface area contributed by atoms with Crippen molar-refractivity contribution >= 4 is 12.1 Å². The Labute approximate surface area is 113 Å². The van der Waals surface area contributed by atoms with Crippen LogP contribution in [0.3, 0.4) is 0 Å². The molecular weight excluding hydrogens is 242 g/mol. The Morgan fingerprint density at radius 3 is 2.89 bits per heavy atom. The molecular formula is C14H20N3O2+. The SMILES string of the molecule is OCOc1ccc(/C=N/NC2=[NH+]CCCCC2)cc1. The van der Waals surface area contributed by atoms with Gasteiger partial charge in [-0.1, -0.05) is 5.10 Å². The smallest absolute Gasteiger partial charge is 0.267 e. The van der Waals surface area contributed by atoms with Gasteiger partial charge >= 0.3 is 0 Å². The summed E-state index contributed by atoms with van der Waals surface area (Å²) in [4.78, 5) is 3.34. The maximum Gasteiger partial charge on any atom is 0.267 e. The maximum absolute atomic E-state index is 8.63. The number of nitrogens with one attached hydrogen (secondary N) is 2. The number of aliphatic hydroxyl groups is 1. The van der Waals surface area contributed by atoms with Crippen LogP contribution in [0.2, 0.25) is 0 Å². The van der Waals surface area contributed by atoms with Gasteiger partial charge in [0.25, 0.3) is 5.84 Å². The normalized spacial score (nSPS) is 15.9. The van der Waals surface area contributed by atoms with Crippen molar-refractivity contribution in [3.63, 3.8) is 0 Å². The molecule has 5 nitrogen and oxygen atoms in total. The largest absolute Gasteiger partial charge is 0.468 e. The summed E-state index contributed by atoms with van der Waals surface area (Å²) in [5.74, 6) is 1.74. The second kappa shape index (κ2) is 7.53. The lowest BCUT2D eigenvalue weighted by atomic mass is 10.2. The van der Waals surface area contributed by atoms with Crippen molar-refractivity contribution in [2.75, 3.05) is 13.3 Å². The predicted octanol–water partition coefficient (Wildman–Crippen LogP) is -0.00820. The molecule has 0 unspecified atom stereocenters. The van der Waals surface area contributed by atoms with E-state index in [0.29, 0.717) is 5.75 Å². The molecule has 5 heteroatoms. The molecule has 0 spiro atoms. The van der Waals surface area contributed by atoms with Crippen molar-refractivity contribution in [2.24, 2.45) is 5.10 Å². The minimum Gasteiger partial charge on any atom is -0.468 e. The van der Waals surface area contributed by atoms with E-state index in [1.54, 1.807) is 18.3 Å². The summed E-state index contributed by atoms with van der Waals surface area (Å²) >= 11 is 0. The lowest BCUT2D eigenvalue weighted by Crippen LogP contribution is -2.75. The molecule has 1 aromatic carbocycles. The molecule has 0 radical (unpaired) electrons. The van der Waals surface area contributed by atoms with Crippen LogP contribution in [0.5, 0.6) is 5.75 Å². The van der Waals surface area contributed by atoms with E-state index in [4.69, 9.17) is 9.84 Å². The van der Waals surface area contributed by atoms with Gasteiger partial charge in [0.2, 0.25) is 0 Å². The van der Waals surface area contributed by atoms with Crippen LogP contribution < -0.4 is 15.2 Å². The molecule has 1 heterocycles. The number of hydrogen-bond acceptors (Lipinski definition) is 4. The van der Waals surface area contributed by atoms with E-state index in [-0.39, 0.29) is 6.79 Å². The lowest BCUT2D eigenvalue weighted by Gasteiger charge is -2.01. The van der Waals surface area contributed by atoms with Crippen LogP contribution in [0.25, 0.3) is 0 Å². The molecule has 102 valence electrons. The van der Waals surface area contributed by atoms with Gasteiger partial charge in [-0.15, -0.1) is 0 Å². The van der Waals surface area contributed by atoms with E-state index in [0.717, 1.165) is 24.4 Å². The molecule has 0 atom stereocenters. The van der Waals surface area contributed by atoms with Gasteiger partial charge in [-0.3, -0.25) is 4.99 Å². The average Bonchev–Trinajstić information content (AvgIpc) is 2.70. The lowest BCUT2D eigenvalue weighted by molar-refractivity contribution is -0.459. The molecule has 0 aliphatic carbocycles. The zero-order valence-electron chi connectivity index (χ0n) is 10.9. The van der Waals surface area contributed by atoms with Crippen LogP contribution >= 0.6 is 0 Å². The zero-order valence-corrected chi connectivity index (χ0v) is 10.9. The number of amidine groups is 1. The first-order valence-electron chi connectivity index (χ1n) is 6.61. The van der Waals surface area contributed by atoms with Crippen molar-refractivity contribution < 1.29 is 14.8 Å². The molecule has 0 aromatic heterocycles. The molecule has 2 rings (SSSR count). The Bertz CT molecular complexity index is 441. The number of hydrogen-bond donors (Lipinski definition) is 3. The fraction of sp³-hybridized carbons (Fsp3) is 0.429. The summed E-state index contributed by atoms with van der Waals surface area (Å²) in [5.41, 5.74) is 4.03. The number of hydrazone groups is 1. The molecule has 0 amide bonds. The topological polar surface area (TPSA) is 67.8 Å². The second-order valence-electron chi connectivity index (χ2n) is 4.43. The van der Waals surface area contributed by atoms with Crippen LogP contribution in [-0.2, 0) is 0 Å². The van der Waals surface area contributed by atoms with E-state index in [2.05, 4.69) is 15.5 Å². The third-order valence-electron chi connectivity index (χ3n) is 2.97. The van der Waals surface area contributed by atoms with Crippen molar-refractivity contribution in [1.29, 1.82) is 0 Å². The highest BCUT2D eigenvalue weighted by Crippen LogP contribution is 2.10. The molecule has 0 fully saturated rings. The molecule has 3 N–H and O–H groups in total. The first kappa shape index (κ1) is 13.5. The molecule has 1 aromatic rings. The zero-order chi connectivity index (χ0) is 13.3. The quantitative estimate of drug-likeness (QED) is 0.406. The Balaban J connectivity index is 1.85. The number of ether oxygens (including phenoxy) is 1. The maximum atomic E-state index is 8.63. The van der Waals surface area contributed by atoms with E-state index in [1.807, 2.05) is 12.1 Å². The average molecular weight is 262 g/mol. The summed E-state index contributed by atoms with van der Waals surface area (Å²) in [6.45, 7) is 0.712. The number of rotatable bonds is 4. The van der Waals surface area contributed by atoms with Gasteiger partial charge < -0.3 is 9.84 Å². The van der Waals surface area contributed by atoms with Crippen LogP contribution in [0.1, 0.15) is 31.2 Å². The molecule has 19 heavy (non-hydrogen) atoms. The minimum absolute atomic E-state index is 0.307. The van der Waals surface area contributed by atoms with Crippen molar-refractivity contribution in [2.45, 2.75) is 25.7 Å². The summed E-state index contributed by atoms with van der Waals surface area (Å²) in [7, 11) is 0. The van der Waals surface area contributed by atoms with E-state index in [1.165, 1.54) is 19.3 Å². The van der Waals surface area contributed by atoms with Crippen molar-refractivity contribution in [3.8, 4) is 5.75 Å². The molecule has 0 bridgehead atoms. The number of benzene rings is 1. The minimum atomic E-state index is -0.307. The van der Waals surface area contributed by atoms with Gasteiger partial charge in [0.15, 0.2) is 6.79 Å². The Kier molecular flexibility index (Phi) is 5.37. The fourth-order valence-corrected chi connectivity index (χ4v) is 1.94. The van der Waals surface area contributed by atoms with Crippen LogP contribution in [0, 0.1) is 0 Å². The fourth-order valence-electron chi connectivity index (χ4n) is 1.94. The summed E-state index contributed by atoms with van der Waals surface area (Å²) in [5, 5.41) is 12.8. The third-order valence-corrected chi connectivity index (χ3v) is 2.97. The summed E-state index contributed by atoms with van der Waals surface area (Å²) < 4.78 is 4.96. The van der Waals surface area contributed by atoms with Gasteiger partial charge in [-0.05, 0) is 49.1 Å². The van der Waals surface area contributed by atoms with E-state index in [9.17, 15) is 0 Å². The van der Waals surface area contributed by atoms with Gasteiger partial charge in [0, 0.05) is 0 Å². The highest BCUT2D eigenvalue weighted by molar-refractivity contribution is 5.82. The summed E-state index contributed by atoms with van der Waals surface area (Å²) in [6, 6.07) is 7.38. The predicted molar refractivity (Wildman–Crippen MR) is 74.2 cm³/mol. The summed E-state index contributed by atoms with van der Waals surface area (Å²) in [6.07, 6.45) is 6.50. The van der Waals surface area contributed by atoms with Crippen LogP contribution in [0.15, 0.2) is 29.4 Å². The second-order valence-corrected chi connectivity index (χ2v) is 4.43. The molecule has 1 aliphatic heterocycles. The standard InChI is InChI=1S/C14H19N3O2/c18-11-19-13-7-5-12(6-8-13)10-16-17-14-4-2-1-3-9-15-14/h5-8,10,18H,1-4,9,11H2,(H,15,17)/p+1/b16-10+. The van der Waals surface area contributed by atoms with Gasteiger partial charge in [0.05, 0.1) is 19.2 Å². The highest BCUT2D eigenvalue weighted by Gasteiger charge is 2.08. The first-order valence-corrected chi connectivity index (χ1v) is 6.61. The van der Waals surface area contributed by atoms with Gasteiger partial charge in [-0.25, -0.2) is 0 Å². The molecule has 0 saturated heterocycles. The third kappa shape index (κ3) is 4.71. The van der Waals surface area contributed by atoms with Gasteiger partial charge in [-0.2, -0.15) is 5.43 Å². The monoisotopic (exact) mass is 262 g/mol. The van der Waals surface area contributed by atoms with Crippen LogP contribution in [0.4, 0.5) is 0 Å². The van der Waals surface area contributed by atoms with E-state index < -0.39 is 0 Å². The highest BCUT2D eigenvalue weighted by atomic mass is 16.6. The first-order chi connectivity index (χ1) is 9.38. The molecule has 0 saturated carbocycles.